The van der Waals surface area contributed by atoms with Crippen molar-refractivity contribution in [2.75, 3.05) is 10.8 Å². The van der Waals surface area contributed by atoms with E-state index in [0.29, 0.717) is 22.3 Å². The first kappa shape index (κ1) is 31.4. The molecule has 2 aromatic carbocycles. The van der Waals surface area contributed by atoms with E-state index in [0.717, 1.165) is 26.7 Å². The third-order valence-corrected chi connectivity index (χ3v) is 8.17. The second kappa shape index (κ2) is 12.2. The van der Waals surface area contributed by atoms with E-state index < -0.39 is 63.7 Å². The van der Waals surface area contributed by atoms with E-state index in [4.69, 9.17) is 0 Å². The topological polar surface area (TPSA) is 171 Å². The van der Waals surface area contributed by atoms with Gasteiger partial charge >= 0.3 is 5.97 Å². The lowest BCUT2D eigenvalue weighted by atomic mass is 10.0. The van der Waals surface area contributed by atoms with Crippen LogP contribution in [0.4, 0.5) is 14.5 Å². The van der Waals surface area contributed by atoms with Crippen LogP contribution in [0.5, 0.6) is 0 Å². The van der Waals surface area contributed by atoms with Gasteiger partial charge in [-0.05, 0) is 50.1 Å². The maximum Gasteiger partial charge on any atom is 0.329 e. The molecule has 15 heteroatoms. The normalized spacial score (nSPS) is 12.8. The molecule has 0 saturated heterocycles. The van der Waals surface area contributed by atoms with Gasteiger partial charge in [0, 0.05) is 31.4 Å². The SMILES string of the molecule is Cc1cc(C)c(N(C(CNC(=O)c2cn(C)c3c(F)c(Cc4nc5ncccc5[nH]4)c(F)cc3c2=O)C(=O)O)S(=O)O)c(C)c1. The number of benzene rings is 2. The molecule has 0 fully saturated rings. The van der Waals surface area contributed by atoms with E-state index in [1.54, 1.807) is 38.1 Å². The quantitative estimate of drug-likeness (QED) is 0.178. The number of nitrogens with one attached hydrogen (secondary N) is 2. The van der Waals surface area contributed by atoms with E-state index in [-0.39, 0.29) is 29.0 Å². The summed E-state index contributed by atoms with van der Waals surface area (Å²) in [7, 11) is 1.37. The summed E-state index contributed by atoms with van der Waals surface area (Å²) in [6, 6.07) is 5.96. The minimum Gasteiger partial charge on any atom is -0.480 e. The molecule has 12 nitrogen and oxygen atoms in total. The zero-order valence-corrected chi connectivity index (χ0v) is 25.3. The van der Waals surface area contributed by atoms with Crippen molar-refractivity contribution < 1.29 is 32.2 Å². The lowest BCUT2D eigenvalue weighted by Gasteiger charge is -2.30. The molecule has 5 rings (SSSR count). The number of amides is 1. The number of imidazole rings is 1. The van der Waals surface area contributed by atoms with Crippen molar-refractivity contribution in [1.29, 1.82) is 0 Å². The molecule has 0 aliphatic rings. The molecule has 5 aromatic rings. The predicted octanol–water partition coefficient (Wildman–Crippen LogP) is 3.43. The Labute approximate surface area is 257 Å². The highest BCUT2D eigenvalue weighted by atomic mass is 32.2. The number of hydrogen-bond acceptors (Lipinski definition) is 6. The van der Waals surface area contributed by atoms with Gasteiger partial charge in [0.15, 0.2) is 17.5 Å². The Morgan fingerprint density at radius 3 is 2.49 bits per heavy atom. The summed E-state index contributed by atoms with van der Waals surface area (Å²) in [5.74, 6) is -4.34. The van der Waals surface area contributed by atoms with Gasteiger partial charge < -0.3 is 20.0 Å². The van der Waals surface area contributed by atoms with Crippen molar-refractivity contribution in [3.05, 3.63) is 98.2 Å². The van der Waals surface area contributed by atoms with Gasteiger partial charge in [-0.1, -0.05) is 17.7 Å². The summed E-state index contributed by atoms with van der Waals surface area (Å²) in [5, 5.41) is 11.9. The Bertz CT molecular complexity index is 2040. The highest BCUT2D eigenvalue weighted by molar-refractivity contribution is 7.80. The van der Waals surface area contributed by atoms with Gasteiger partial charge in [-0.15, -0.1) is 0 Å². The number of halogens is 2. The van der Waals surface area contributed by atoms with Gasteiger partial charge in [0.25, 0.3) is 17.2 Å². The predicted molar refractivity (Wildman–Crippen MR) is 163 cm³/mol. The van der Waals surface area contributed by atoms with Crippen LogP contribution < -0.4 is 15.1 Å². The lowest BCUT2D eigenvalue weighted by molar-refractivity contribution is -0.138. The van der Waals surface area contributed by atoms with Crippen molar-refractivity contribution in [3.8, 4) is 0 Å². The van der Waals surface area contributed by atoms with Gasteiger partial charge in [0.1, 0.15) is 17.2 Å². The molecular formula is C30H28F2N6O6S. The third kappa shape index (κ3) is 5.91. The van der Waals surface area contributed by atoms with Gasteiger partial charge in [0.2, 0.25) is 5.43 Å². The number of anilines is 1. The number of pyridine rings is 2. The Kier molecular flexibility index (Phi) is 8.49. The number of aryl methyl sites for hydroxylation is 4. The number of carbonyl (C=O) groups is 2. The van der Waals surface area contributed by atoms with Crippen molar-refractivity contribution in [2.24, 2.45) is 7.05 Å². The Morgan fingerprint density at radius 2 is 1.87 bits per heavy atom. The van der Waals surface area contributed by atoms with Crippen LogP contribution in [0.25, 0.3) is 22.1 Å². The number of hydrogen-bond donors (Lipinski definition) is 4. The number of carboxylic acid groups (broad SMARTS) is 1. The lowest BCUT2D eigenvalue weighted by Crippen LogP contribution is -2.50. The molecule has 3 heterocycles. The first-order valence-electron chi connectivity index (χ1n) is 13.6. The standard InChI is InChI=1S/C30H28F2N6O6S/c1-14-8-15(2)25(16(3)9-14)38(45(43)44)22(30(41)42)12-34-29(40)19-13-37(4)26-18(27(19)39)10-20(31)17(24(26)32)11-23-35-21-6-5-7-33-28(21)36-23/h5-10,13,22H,11-12H2,1-4H3,(H,34,40)(H,41,42)(H,43,44)(H,33,35,36). The number of aromatic nitrogens is 4. The number of carboxylic acids is 1. The molecule has 234 valence electrons. The van der Waals surface area contributed by atoms with Crippen molar-refractivity contribution in [2.45, 2.75) is 33.2 Å². The molecule has 2 unspecified atom stereocenters. The zero-order valence-electron chi connectivity index (χ0n) is 24.5. The molecule has 45 heavy (non-hydrogen) atoms. The summed E-state index contributed by atoms with van der Waals surface area (Å²) in [6.45, 7) is 4.45. The van der Waals surface area contributed by atoms with E-state index >= 15 is 8.78 Å². The fourth-order valence-corrected chi connectivity index (χ4v) is 6.34. The van der Waals surface area contributed by atoms with Crippen molar-refractivity contribution in [1.82, 2.24) is 24.8 Å². The number of rotatable bonds is 9. The minimum atomic E-state index is -2.80. The molecular weight excluding hydrogens is 610 g/mol. The summed E-state index contributed by atoms with van der Waals surface area (Å²) >= 11 is -2.80. The number of aromatic amines is 1. The second-order valence-electron chi connectivity index (χ2n) is 10.6. The van der Waals surface area contributed by atoms with Crippen LogP contribution in [-0.4, -0.2) is 57.9 Å². The zero-order chi connectivity index (χ0) is 32.7. The molecule has 0 aliphatic carbocycles. The summed E-state index contributed by atoms with van der Waals surface area (Å²) in [4.78, 5) is 50.0. The maximum absolute atomic E-state index is 15.7. The van der Waals surface area contributed by atoms with Crippen LogP contribution in [0.15, 0.2) is 47.5 Å². The second-order valence-corrected chi connectivity index (χ2v) is 11.5. The summed E-state index contributed by atoms with van der Waals surface area (Å²) in [6.07, 6.45) is 2.33. The fraction of sp³-hybridized carbons (Fsp3) is 0.233. The molecule has 0 radical (unpaired) electrons. The molecule has 2 atom stereocenters. The van der Waals surface area contributed by atoms with Crippen LogP contribution in [0, 0.1) is 32.4 Å². The highest BCUT2D eigenvalue weighted by Crippen LogP contribution is 2.29. The molecule has 3 aromatic heterocycles. The summed E-state index contributed by atoms with van der Waals surface area (Å²) in [5.41, 5.74) is 0.990. The average Bonchev–Trinajstić information content (AvgIpc) is 3.37. The first-order valence-corrected chi connectivity index (χ1v) is 14.6. The molecule has 1 amide bonds. The van der Waals surface area contributed by atoms with Crippen LogP contribution >= 0.6 is 0 Å². The smallest absolute Gasteiger partial charge is 0.329 e. The number of nitrogens with zero attached hydrogens (tertiary/aromatic N) is 4. The van der Waals surface area contributed by atoms with Crippen LogP contribution in [-0.2, 0) is 29.5 Å². The van der Waals surface area contributed by atoms with Gasteiger partial charge in [-0.25, -0.2) is 27.8 Å². The highest BCUT2D eigenvalue weighted by Gasteiger charge is 2.33. The molecule has 0 spiro atoms. The maximum atomic E-state index is 15.7. The molecule has 0 bridgehead atoms. The van der Waals surface area contributed by atoms with E-state index in [2.05, 4.69) is 20.3 Å². The van der Waals surface area contributed by atoms with Gasteiger partial charge in [-0.3, -0.25) is 18.4 Å². The Balaban J connectivity index is 1.46. The largest absolute Gasteiger partial charge is 0.480 e. The summed E-state index contributed by atoms with van der Waals surface area (Å²) < 4.78 is 55.3. The molecule has 0 saturated carbocycles. The van der Waals surface area contributed by atoms with Crippen molar-refractivity contribution >= 4 is 50.9 Å². The van der Waals surface area contributed by atoms with Gasteiger partial charge in [0.05, 0.1) is 28.7 Å². The van der Waals surface area contributed by atoms with E-state index in [9.17, 15) is 28.3 Å². The van der Waals surface area contributed by atoms with E-state index in [1.807, 2.05) is 6.92 Å². The Morgan fingerprint density at radius 1 is 1.18 bits per heavy atom. The number of carbonyl (C=O) groups excluding carboxylic acids is 1. The van der Waals surface area contributed by atoms with E-state index in [1.165, 1.54) is 13.2 Å². The molecule has 4 N–H and O–H groups in total. The first-order chi connectivity index (χ1) is 21.3. The monoisotopic (exact) mass is 638 g/mol. The van der Waals surface area contributed by atoms with Crippen LogP contribution in [0.1, 0.15) is 38.4 Å². The third-order valence-electron chi connectivity index (χ3n) is 7.40. The van der Waals surface area contributed by atoms with Gasteiger partial charge in [-0.2, -0.15) is 0 Å². The van der Waals surface area contributed by atoms with Crippen LogP contribution in [0.2, 0.25) is 0 Å². The number of H-pyrrole nitrogens is 1. The average molecular weight is 639 g/mol. The fourth-order valence-electron chi connectivity index (χ4n) is 5.52. The minimum absolute atomic E-state index is 0.199. The van der Waals surface area contributed by atoms with Crippen molar-refractivity contribution in [3.63, 3.8) is 0 Å². The number of fused-ring (bicyclic) bond motifs is 2. The Hall–Kier alpha value is -5.02. The molecule has 0 aliphatic heterocycles. The van der Waals surface area contributed by atoms with Crippen LogP contribution in [0.3, 0.4) is 0 Å². The number of aliphatic carboxylic acids is 1.